The number of allylic oxidation sites excluding steroid dienone is 1. The molecule has 0 N–H and O–H groups in total. The van der Waals surface area contributed by atoms with Gasteiger partial charge >= 0.3 is 0 Å². The maximum absolute atomic E-state index is 8.57. The minimum Gasteiger partial charge on any atom is -0.473 e. The molecule has 1 aromatic heterocycles. The van der Waals surface area contributed by atoms with Crippen molar-refractivity contribution in [3.8, 4) is 11.9 Å². The largest absolute Gasteiger partial charge is 0.473 e. The van der Waals surface area contributed by atoms with Gasteiger partial charge in [0.15, 0.2) is 0 Å². The highest BCUT2D eigenvalue weighted by Crippen LogP contribution is 2.08. The molecule has 0 saturated carbocycles. The fourth-order valence-corrected chi connectivity index (χ4v) is 0.949. The van der Waals surface area contributed by atoms with Gasteiger partial charge < -0.3 is 4.74 Å². The van der Waals surface area contributed by atoms with E-state index in [1.54, 1.807) is 18.2 Å². The van der Waals surface area contributed by atoms with E-state index in [-0.39, 0.29) is 0 Å². The van der Waals surface area contributed by atoms with E-state index in [1.165, 1.54) is 6.20 Å². The van der Waals surface area contributed by atoms with Crippen LogP contribution in [0, 0.1) is 11.3 Å². The van der Waals surface area contributed by atoms with Gasteiger partial charge in [0.25, 0.3) is 0 Å². The standard InChI is InChI=1S/C12H12N2O/c1-3-10(4-2)9-15-12-6-5-11(7-13)8-14-12/h3-6,8H,1,9H2,2H3/b10-4+. The van der Waals surface area contributed by atoms with E-state index in [4.69, 9.17) is 10.00 Å². The van der Waals surface area contributed by atoms with Crippen molar-refractivity contribution in [3.63, 3.8) is 0 Å². The van der Waals surface area contributed by atoms with Crippen LogP contribution in [0.5, 0.6) is 5.88 Å². The highest BCUT2D eigenvalue weighted by molar-refractivity contribution is 5.28. The number of nitriles is 1. The van der Waals surface area contributed by atoms with Crippen molar-refractivity contribution in [1.82, 2.24) is 4.98 Å². The average Bonchev–Trinajstić information content (AvgIpc) is 2.31. The monoisotopic (exact) mass is 200 g/mol. The normalized spacial score (nSPS) is 10.5. The summed E-state index contributed by atoms with van der Waals surface area (Å²) in [5, 5.41) is 8.57. The Kier molecular flexibility index (Phi) is 4.11. The zero-order valence-electron chi connectivity index (χ0n) is 8.60. The van der Waals surface area contributed by atoms with Gasteiger partial charge in [-0.05, 0) is 18.6 Å². The lowest BCUT2D eigenvalue weighted by atomic mass is 10.3. The topological polar surface area (TPSA) is 45.9 Å². The predicted molar refractivity (Wildman–Crippen MR) is 58.4 cm³/mol. The zero-order chi connectivity index (χ0) is 11.1. The Bertz CT molecular complexity index is 399. The number of hydrogen-bond acceptors (Lipinski definition) is 3. The fourth-order valence-electron chi connectivity index (χ4n) is 0.949. The summed E-state index contributed by atoms with van der Waals surface area (Å²) in [6.07, 6.45) is 5.15. The minimum absolute atomic E-state index is 0.443. The van der Waals surface area contributed by atoms with Crippen molar-refractivity contribution in [3.05, 3.63) is 48.2 Å². The third-order valence-electron chi connectivity index (χ3n) is 1.89. The van der Waals surface area contributed by atoms with Crippen LogP contribution in [0.2, 0.25) is 0 Å². The molecule has 0 amide bonds. The summed E-state index contributed by atoms with van der Waals surface area (Å²) in [6.45, 7) is 6.03. The first-order valence-electron chi connectivity index (χ1n) is 4.56. The highest BCUT2D eigenvalue weighted by Gasteiger charge is 1.97. The Morgan fingerprint density at radius 2 is 2.47 bits per heavy atom. The van der Waals surface area contributed by atoms with Gasteiger partial charge in [-0.15, -0.1) is 0 Å². The summed E-state index contributed by atoms with van der Waals surface area (Å²) >= 11 is 0. The lowest BCUT2D eigenvalue weighted by Crippen LogP contribution is -2.00. The first kappa shape index (κ1) is 11.0. The maximum Gasteiger partial charge on any atom is 0.213 e. The molecule has 3 heteroatoms. The van der Waals surface area contributed by atoms with Crippen LogP contribution in [0.15, 0.2) is 42.6 Å². The molecule has 0 aromatic carbocycles. The molecule has 3 nitrogen and oxygen atoms in total. The van der Waals surface area contributed by atoms with E-state index in [9.17, 15) is 0 Å². The van der Waals surface area contributed by atoms with Crippen molar-refractivity contribution < 1.29 is 4.74 Å². The van der Waals surface area contributed by atoms with E-state index in [1.807, 2.05) is 19.1 Å². The molecular formula is C12H12N2O. The maximum atomic E-state index is 8.57. The Morgan fingerprint density at radius 3 is 2.93 bits per heavy atom. The molecule has 1 rings (SSSR count). The van der Waals surface area contributed by atoms with E-state index >= 15 is 0 Å². The van der Waals surface area contributed by atoms with Crippen LogP contribution in [-0.4, -0.2) is 11.6 Å². The van der Waals surface area contributed by atoms with Gasteiger partial charge in [0, 0.05) is 12.3 Å². The molecule has 0 radical (unpaired) electrons. The predicted octanol–water partition coefficient (Wildman–Crippen LogP) is 2.46. The Balaban J connectivity index is 2.59. The molecule has 0 saturated heterocycles. The Morgan fingerprint density at radius 1 is 1.67 bits per heavy atom. The van der Waals surface area contributed by atoms with Crippen LogP contribution in [-0.2, 0) is 0 Å². The molecule has 0 fully saturated rings. The van der Waals surface area contributed by atoms with Gasteiger partial charge in [-0.2, -0.15) is 5.26 Å². The summed E-state index contributed by atoms with van der Waals surface area (Å²) in [7, 11) is 0. The van der Waals surface area contributed by atoms with Gasteiger partial charge in [0.2, 0.25) is 5.88 Å². The minimum atomic E-state index is 0.443. The van der Waals surface area contributed by atoms with E-state index in [0.29, 0.717) is 18.1 Å². The molecule has 0 bridgehead atoms. The SMILES string of the molecule is C=C/C(=C\C)COc1ccc(C#N)cn1. The molecule has 0 aliphatic carbocycles. The van der Waals surface area contributed by atoms with E-state index in [0.717, 1.165) is 5.57 Å². The van der Waals surface area contributed by atoms with Gasteiger partial charge in [-0.1, -0.05) is 18.7 Å². The lowest BCUT2D eigenvalue weighted by Gasteiger charge is -2.04. The smallest absolute Gasteiger partial charge is 0.213 e. The van der Waals surface area contributed by atoms with Crippen LogP contribution < -0.4 is 4.74 Å². The van der Waals surface area contributed by atoms with Crippen LogP contribution in [0.4, 0.5) is 0 Å². The highest BCUT2D eigenvalue weighted by atomic mass is 16.5. The quantitative estimate of drug-likeness (QED) is 0.701. The van der Waals surface area contributed by atoms with Crippen molar-refractivity contribution in [1.29, 1.82) is 5.26 Å². The van der Waals surface area contributed by atoms with Crippen molar-refractivity contribution >= 4 is 0 Å². The summed E-state index contributed by atoms with van der Waals surface area (Å²) < 4.78 is 5.39. The summed E-state index contributed by atoms with van der Waals surface area (Å²) in [5.74, 6) is 0.509. The van der Waals surface area contributed by atoms with Crippen molar-refractivity contribution in [2.24, 2.45) is 0 Å². The Labute approximate surface area is 89.3 Å². The first-order valence-corrected chi connectivity index (χ1v) is 4.56. The second-order valence-electron chi connectivity index (χ2n) is 2.85. The van der Waals surface area contributed by atoms with Crippen LogP contribution in [0.1, 0.15) is 12.5 Å². The molecule has 1 aromatic rings. The molecule has 0 aliphatic heterocycles. The molecule has 0 atom stereocenters. The number of nitrogens with zero attached hydrogens (tertiary/aromatic N) is 2. The Hall–Kier alpha value is -2.08. The first-order chi connectivity index (χ1) is 7.30. The third kappa shape index (κ3) is 3.28. The van der Waals surface area contributed by atoms with E-state index < -0.39 is 0 Å². The van der Waals surface area contributed by atoms with Crippen LogP contribution in [0.25, 0.3) is 0 Å². The summed E-state index contributed by atoms with van der Waals surface area (Å²) in [5.41, 5.74) is 1.53. The lowest BCUT2D eigenvalue weighted by molar-refractivity contribution is 0.341. The molecule has 1 heterocycles. The van der Waals surface area contributed by atoms with Crippen molar-refractivity contribution in [2.75, 3.05) is 6.61 Å². The molecule has 76 valence electrons. The molecule has 0 aliphatic rings. The molecule has 0 spiro atoms. The number of rotatable bonds is 4. The van der Waals surface area contributed by atoms with Gasteiger partial charge in [-0.25, -0.2) is 4.98 Å². The summed E-state index contributed by atoms with van der Waals surface area (Å²) in [4.78, 5) is 3.98. The van der Waals surface area contributed by atoms with Gasteiger partial charge in [0.1, 0.15) is 12.7 Å². The second kappa shape index (κ2) is 5.61. The van der Waals surface area contributed by atoms with E-state index in [2.05, 4.69) is 11.6 Å². The number of ether oxygens (including phenoxy) is 1. The second-order valence-corrected chi connectivity index (χ2v) is 2.85. The molecular weight excluding hydrogens is 188 g/mol. The van der Waals surface area contributed by atoms with Crippen molar-refractivity contribution in [2.45, 2.75) is 6.92 Å². The number of hydrogen-bond donors (Lipinski definition) is 0. The summed E-state index contributed by atoms with van der Waals surface area (Å²) in [6, 6.07) is 5.34. The third-order valence-corrected chi connectivity index (χ3v) is 1.89. The van der Waals surface area contributed by atoms with Gasteiger partial charge in [-0.3, -0.25) is 0 Å². The molecule has 15 heavy (non-hydrogen) atoms. The molecule has 0 unspecified atom stereocenters. The van der Waals surface area contributed by atoms with Crippen LogP contribution in [0.3, 0.4) is 0 Å². The van der Waals surface area contributed by atoms with Crippen LogP contribution >= 0.6 is 0 Å². The number of aromatic nitrogens is 1. The fraction of sp³-hybridized carbons (Fsp3) is 0.167. The van der Waals surface area contributed by atoms with Gasteiger partial charge in [0.05, 0.1) is 5.56 Å². The number of pyridine rings is 1. The zero-order valence-corrected chi connectivity index (χ0v) is 8.60. The average molecular weight is 200 g/mol.